The van der Waals surface area contributed by atoms with Crippen LogP contribution in [0.15, 0.2) is 24.3 Å². The summed E-state index contributed by atoms with van der Waals surface area (Å²) in [5.74, 6) is -0.0263. The summed E-state index contributed by atoms with van der Waals surface area (Å²) < 4.78 is 24.9. The monoisotopic (exact) mass is 299 g/mol. The lowest BCUT2D eigenvalue weighted by atomic mass is 10.0. The molecule has 20 heavy (non-hydrogen) atoms. The van der Waals surface area contributed by atoms with Crippen molar-refractivity contribution in [1.29, 1.82) is 0 Å². The van der Waals surface area contributed by atoms with E-state index >= 15 is 0 Å². The van der Waals surface area contributed by atoms with Crippen molar-refractivity contribution < 1.29 is 13.2 Å². The Morgan fingerprint density at radius 3 is 2.30 bits per heavy atom. The van der Waals surface area contributed by atoms with Gasteiger partial charge in [-0.2, -0.15) is 0 Å². The van der Waals surface area contributed by atoms with Crippen LogP contribution in [0.25, 0.3) is 0 Å². The van der Waals surface area contributed by atoms with Gasteiger partial charge in [-0.05, 0) is 24.5 Å². The normalized spacial score (nSPS) is 13.1. The predicted molar refractivity (Wildman–Crippen MR) is 81.0 cm³/mol. The summed E-state index contributed by atoms with van der Waals surface area (Å²) in [4.78, 5) is 12.0. The Kier molecular flexibility index (Phi) is 5.52. The molecule has 112 valence electrons. The number of sulfonamides is 1. The van der Waals surface area contributed by atoms with E-state index in [4.69, 9.17) is 5.73 Å². The van der Waals surface area contributed by atoms with E-state index in [0.717, 1.165) is 6.26 Å². The molecule has 0 bridgehead atoms. The zero-order chi connectivity index (χ0) is 15.3. The molecule has 0 aliphatic rings. The first kappa shape index (κ1) is 16.5. The van der Waals surface area contributed by atoms with Crippen LogP contribution in [0.3, 0.4) is 0 Å². The molecule has 0 spiro atoms. The van der Waals surface area contributed by atoms with E-state index in [1.54, 1.807) is 24.3 Å². The van der Waals surface area contributed by atoms with E-state index in [-0.39, 0.29) is 5.91 Å². The third-order valence-electron chi connectivity index (χ3n) is 2.54. The minimum Gasteiger partial charge on any atom is -0.323 e. The molecule has 0 heterocycles. The highest BCUT2D eigenvalue weighted by molar-refractivity contribution is 7.92. The molecule has 0 saturated heterocycles. The van der Waals surface area contributed by atoms with Crippen molar-refractivity contribution in [2.24, 2.45) is 11.7 Å². The van der Waals surface area contributed by atoms with E-state index in [9.17, 15) is 13.2 Å². The Morgan fingerprint density at radius 1 is 1.25 bits per heavy atom. The van der Waals surface area contributed by atoms with Crippen LogP contribution in [0.1, 0.15) is 20.3 Å². The summed E-state index contributed by atoms with van der Waals surface area (Å²) in [7, 11) is -3.41. The quantitative estimate of drug-likeness (QED) is 0.738. The fourth-order valence-electron chi connectivity index (χ4n) is 1.72. The number of para-hydroxylation sites is 2. The van der Waals surface area contributed by atoms with Gasteiger partial charge in [0.2, 0.25) is 15.9 Å². The molecule has 1 aromatic carbocycles. The van der Waals surface area contributed by atoms with Gasteiger partial charge in [-0.15, -0.1) is 0 Å². The average Bonchev–Trinajstić information content (AvgIpc) is 2.28. The zero-order valence-electron chi connectivity index (χ0n) is 11.9. The number of amides is 1. The smallest absolute Gasteiger partial charge is 0.241 e. The molecule has 0 saturated carbocycles. The SMILES string of the molecule is CC(C)C[C@H](N)C(=O)Nc1ccccc1NS(C)(=O)=O. The van der Waals surface area contributed by atoms with Gasteiger partial charge in [0.1, 0.15) is 0 Å². The number of carbonyl (C=O) groups excluding carboxylic acids is 1. The van der Waals surface area contributed by atoms with E-state index in [1.165, 1.54) is 0 Å². The van der Waals surface area contributed by atoms with E-state index in [0.29, 0.717) is 23.7 Å². The largest absolute Gasteiger partial charge is 0.323 e. The first-order chi connectivity index (χ1) is 9.19. The highest BCUT2D eigenvalue weighted by Gasteiger charge is 2.16. The van der Waals surface area contributed by atoms with Crippen molar-refractivity contribution in [2.75, 3.05) is 16.3 Å². The maximum absolute atomic E-state index is 12.0. The van der Waals surface area contributed by atoms with Gasteiger partial charge in [0.25, 0.3) is 0 Å². The fourth-order valence-corrected chi connectivity index (χ4v) is 2.30. The van der Waals surface area contributed by atoms with Crippen molar-refractivity contribution in [3.05, 3.63) is 24.3 Å². The Morgan fingerprint density at radius 2 is 1.80 bits per heavy atom. The van der Waals surface area contributed by atoms with Crippen molar-refractivity contribution >= 4 is 27.3 Å². The summed E-state index contributed by atoms with van der Waals surface area (Å²) in [5.41, 5.74) is 6.50. The second-order valence-electron chi connectivity index (χ2n) is 5.15. The Balaban J connectivity index is 2.85. The van der Waals surface area contributed by atoms with Crippen LogP contribution in [-0.4, -0.2) is 26.6 Å². The molecule has 0 aliphatic heterocycles. The molecular weight excluding hydrogens is 278 g/mol. The summed E-state index contributed by atoms with van der Waals surface area (Å²) in [6, 6.07) is 5.95. The maximum Gasteiger partial charge on any atom is 0.241 e. The molecule has 0 unspecified atom stereocenters. The number of carbonyl (C=O) groups is 1. The molecule has 0 aliphatic carbocycles. The number of rotatable bonds is 6. The lowest BCUT2D eigenvalue weighted by Gasteiger charge is -2.16. The van der Waals surface area contributed by atoms with Crippen molar-refractivity contribution in [3.8, 4) is 0 Å². The number of hydrogen-bond donors (Lipinski definition) is 3. The van der Waals surface area contributed by atoms with Gasteiger partial charge in [0, 0.05) is 0 Å². The van der Waals surface area contributed by atoms with Gasteiger partial charge in [-0.3, -0.25) is 9.52 Å². The number of benzene rings is 1. The Hall–Kier alpha value is -1.60. The first-order valence-electron chi connectivity index (χ1n) is 6.32. The number of nitrogens with two attached hydrogens (primary N) is 1. The highest BCUT2D eigenvalue weighted by Crippen LogP contribution is 2.22. The van der Waals surface area contributed by atoms with Gasteiger partial charge in [0.05, 0.1) is 23.7 Å². The maximum atomic E-state index is 12.0. The third-order valence-corrected chi connectivity index (χ3v) is 3.13. The number of nitrogens with one attached hydrogen (secondary N) is 2. The first-order valence-corrected chi connectivity index (χ1v) is 8.21. The lowest BCUT2D eigenvalue weighted by molar-refractivity contribution is -0.117. The molecular formula is C13H21N3O3S. The van der Waals surface area contributed by atoms with Crippen LogP contribution >= 0.6 is 0 Å². The van der Waals surface area contributed by atoms with Crippen LogP contribution in [0.4, 0.5) is 11.4 Å². The number of anilines is 2. The standard InChI is InChI=1S/C13H21N3O3S/c1-9(2)8-10(14)13(17)15-11-6-4-5-7-12(11)16-20(3,18)19/h4-7,9-10,16H,8,14H2,1-3H3,(H,15,17)/t10-/m0/s1. The molecule has 1 amide bonds. The van der Waals surface area contributed by atoms with Crippen molar-refractivity contribution in [1.82, 2.24) is 0 Å². The van der Waals surface area contributed by atoms with Crippen LogP contribution in [-0.2, 0) is 14.8 Å². The van der Waals surface area contributed by atoms with E-state index in [1.807, 2.05) is 13.8 Å². The molecule has 0 radical (unpaired) electrons. The number of hydrogen-bond acceptors (Lipinski definition) is 4. The minimum atomic E-state index is -3.41. The predicted octanol–water partition coefficient (Wildman–Crippen LogP) is 1.37. The third kappa shape index (κ3) is 5.58. The molecule has 0 aromatic heterocycles. The second-order valence-corrected chi connectivity index (χ2v) is 6.89. The van der Waals surface area contributed by atoms with E-state index in [2.05, 4.69) is 10.0 Å². The average molecular weight is 299 g/mol. The lowest BCUT2D eigenvalue weighted by Crippen LogP contribution is -2.36. The molecule has 0 fully saturated rings. The van der Waals surface area contributed by atoms with Crippen LogP contribution < -0.4 is 15.8 Å². The van der Waals surface area contributed by atoms with Gasteiger partial charge < -0.3 is 11.1 Å². The Labute approximate surface area is 119 Å². The van der Waals surface area contributed by atoms with Gasteiger partial charge in [0.15, 0.2) is 0 Å². The van der Waals surface area contributed by atoms with Gasteiger partial charge in [-0.25, -0.2) is 8.42 Å². The topological polar surface area (TPSA) is 101 Å². The molecule has 1 rings (SSSR count). The summed E-state index contributed by atoms with van der Waals surface area (Å²) in [6.45, 7) is 3.96. The molecule has 6 nitrogen and oxygen atoms in total. The van der Waals surface area contributed by atoms with Crippen LogP contribution in [0, 0.1) is 5.92 Å². The van der Waals surface area contributed by atoms with Crippen LogP contribution in [0.2, 0.25) is 0 Å². The van der Waals surface area contributed by atoms with Crippen molar-refractivity contribution in [2.45, 2.75) is 26.3 Å². The van der Waals surface area contributed by atoms with Crippen LogP contribution in [0.5, 0.6) is 0 Å². The minimum absolute atomic E-state index is 0.306. The molecule has 7 heteroatoms. The van der Waals surface area contributed by atoms with E-state index < -0.39 is 16.1 Å². The molecule has 1 aromatic rings. The summed E-state index contributed by atoms with van der Waals surface area (Å²) >= 11 is 0. The summed E-state index contributed by atoms with van der Waals surface area (Å²) in [6.07, 6.45) is 1.61. The van der Waals surface area contributed by atoms with Gasteiger partial charge in [-0.1, -0.05) is 26.0 Å². The Bertz CT molecular complexity index is 570. The summed E-state index contributed by atoms with van der Waals surface area (Å²) in [5, 5.41) is 2.65. The zero-order valence-corrected chi connectivity index (χ0v) is 12.7. The van der Waals surface area contributed by atoms with Gasteiger partial charge >= 0.3 is 0 Å². The highest BCUT2D eigenvalue weighted by atomic mass is 32.2. The van der Waals surface area contributed by atoms with Crippen molar-refractivity contribution in [3.63, 3.8) is 0 Å². The molecule has 1 atom stereocenters. The molecule has 4 N–H and O–H groups in total. The second kappa shape index (κ2) is 6.71. The fraction of sp³-hybridized carbons (Fsp3) is 0.462.